The quantitative estimate of drug-likeness (QED) is 0.835. The van der Waals surface area contributed by atoms with Crippen LogP contribution in [0.15, 0.2) is 6.07 Å². The standard InChI is InChI=1S/C8H6ClF2NO2/c1-3-6(9)4(7(10)11)2-5(12-3)8(13)14/h2,7H,1H3,(H,13,14). The highest BCUT2D eigenvalue weighted by atomic mass is 35.5. The van der Waals surface area contributed by atoms with E-state index in [9.17, 15) is 13.6 Å². The summed E-state index contributed by atoms with van der Waals surface area (Å²) in [6, 6.07) is 0.780. The van der Waals surface area contributed by atoms with Gasteiger partial charge in [0.05, 0.1) is 10.7 Å². The summed E-state index contributed by atoms with van der Waals surface area (Å²) in [5.74, 6) is -1.35. The lowest BCUT2D eigenvalue weighted by molar-refractivity contribution is 0.0689. The first-order valence-corrected chi connectivity index (χ1v) is 3.99. The van der Waals surface area contributed by atoms with E-state index in [1.807, 2.05) is 0 Å². The Balaban J connectivity index is 3.35. The summed E-state index contributed by atoms with van der Waals surface area (Å²) in [7, 11) is 0. The van der Waals surface area contributed by atoms with Crippen LogP contribution in [0.3, 0.4) is 0 Å². The van der Waals surface area contributed by atoms with Gasteiger partial charge in [-0.3, -0.25) is 0 Å². The number of halogens is 3. The lowest BCUT2D eigenvalue weighted by Gasteiger charge is -2.06. The molecule has 1 aromatic heterocycles. The molecule has 14 heavy (non-hydrogen) atoms. The molecule has 0 aromatic carbocycles. The number of alkyl halides is 2. The van der Waals surface area contributed by atoms with Gasteiger partial charge in [0.1, 0.15) is 5.69 Å². The molecule has 0 radical (unpaired) electrons. The van der Waals surface area contributed by atoms with Gasteiger partial charge in [-0.25, -0.2) is 18.6 Å². The summed E-state index contributed by atoms with van der Waals surface area (Å²) in [6.45, 7) is 1.38. The van der Waals surface area contributed by atoms with E-state index < -0.39 is 23.7 Å². The van der Waals surface area contributed by atoms with Gasteiger partial charge < -0.3 is 5.11 Å². The Labute approximate surface area is 83.3 Å². The maximum absolute atomic E-state index is 12.3. The summed E-state index contributed by atoms with van der Waals surface area (Å²) in [4.78, 5) is 14.0. The predicted octanol–water partition coefficient (Wildman–Crippen LogP) is 2.68. The number of carbonyl (C=O) groups is 1. The van der Waals surface area contributed by atoms with E-state index in [4.69, 9.17) is 16.7 Å². The van der Waals surface area contributed by atoms with Crippen molar-refractivity contribution < 1.29 is 18.7 Å². The van der Waals surface area contributed by atoms with Crippen LogP contribution < -0.4 is 0 Å². The summed E-state index contributed by atoms with van der Waals surface area (Å²) in [5.41, 5.74) is -0.847. The average molecular weight is 222 g/mol. The molecular formula is C8H6ClF2NO2. The van der Waals surface area contributed by atoms with E-state index in [-0.39, 0.29) is 10.7 Å². The minimum absolute atomic E-state index is 0.0851. The molecule has 0 atom stereocenters. The monoisotopic (exact) mass is 221 g/mol. The third kappa shape index (κ3) is 1.98. The van der Waals surface area contributed by atoms with Crippen LogP contribution in [0.4, 0.5) is 8.78 Å². The molecule has 76 valence electrons. The van der Waals surface area contributed by atoms with Crippen molar-refractivity contribution in [2.24, 2.45) is 0 Å². The number of carboxylic acids is 1. The number of hydrogen-bond acceptors (Lipinski definition) is 2. The molecule has 0 saturated carbocycles. The third-order valence-electron chi connectivity index (χ3n) is 1.61. The highest BCUT2D eigenvalue weighted by Gasteiger charge is 2.18. The smallest absolute Gasteiger partial charge is 0.354 e. The van der Waals surface area contributed by atoms with Crippen molar-refractivity contribution in [1.29, 1.82) is 0 Å². The number of pyridine rings is 1. The number of nitrogens with zero attached hydrogens (tertiary/aromatic N) is 1. The van der Waals surface area contributed by atoms with Gasteiger partial charge in [-0.2, -0.15) is 0 Å². The minimum atomic E-state index is -2.80. The zero-order valence-corrected chi connectivity index (χ0v) is 7.85. The normalized spacial score (nSPS) is 10.6. The number of aromatic carboxylic acids is 1. The zero-order chi connectivity index (χ0) is 10.9. The van der Waals surface area contributed by atoms with Crippen molar-refractivity contribution in [3.05, 3.63) is 28.0 Å². The molecule has 0 bridgehead atoms. The molecule has 0 aliphatic rings. The van der Waals surface area contributed by atoms with Crippen LogP contribution in [-0.2, 0) is 0 Å². The number of rotatable bonds is 2. The summed E-state index contributed by atoms with van der Waals surface area (Å²) >= 11 is 5.53. The number of hydrogen-bond donors (Lipinski definition) is 1. The Bertz CT molecular complexity index is 382. The second kappa shape index (κ2) is 3.88. The first-order valence-electron chi connectivity index (χ1n) is 3.62. The maximum atomic E-state index is 12.3. The van der Waals surface area contributed by atoms with E-state index in [1.165, 1.54) is 6.92 Å². The molecule has 1 N–H and O–H groups in total. The lowest BCUT2D eigenvalue weighted by atomic mass is 10.2. The van der Waals surface area contributed by atoms with E-state index in [0.717, 1.165) is 6.07 Å². The predicted molar refractivity (Wildman–Crippen MR) is 45.9 cm³/mol. The van der Waals surface area contributed by atoms with Crippen LogP contribution in [0, 0.1) is 6.92 Å². The molecule has 1 rings (SSSR count). The molecule has 1 heterocycles. The molecule has 0 saturated heterocycles. The van der Waals surface area contributed by atoms with E-state index in [2.05, 4.69) is 4.98 Å². The van der Waals surface area contributed by atoms with Crippen molar-refractivity contribution >= 4 is 17.6 Å². The highest BCUT2D eigenvalue weighted by molar-refractivity contribution is 6.32. The van der Waals surface area contributed by atoms with E-state index in [1.54, 1.807) is 0 Å². The van der Waals surface area contributed by atoms with Crippen LogP contribution in [0.5, 0.6) is 0 Å². The molecule has 1 aromatic rings. The Morgan fingerprint density at radius 1 is 1.64 bits per heavy atom. The molecule has 0 fully saturated rings. The second-order valence-electron chi connectivity index (χ2n) is 2.60. The van der Waals surface area contributed by atoms with Gasteiger partial charge in [-0.15, -0.1) is 0 Å². The second-order valence-corrected chi connectivity index (χ2v) is 2.98. The number of carboxylic acid groups (broad SMARTS) is 1. The fraction of sp³-hybridized carbons (Fsp3) is 0.250. The van der Waals surface area contributed by atoms with Gasteiger partial charge in [0, 0.05) is 5.56 Å². The fourth-order valence-electron chi connectivity index (χ4n) is 0.950. The Morgan fingerprint density at radius 2 is 2.21 bits per heavy atom. The van der Waals surface area contributed by atoms with Gasteiger partial charge in [0.25, 0.3) is 6.43 Å². The molecular weight excluding hydrogens is 216 g/mol. The highest BCUT2D eigenvalue weighted by Crippen LogP contribution is 2.29. The summed E-state index contributed by atoms with van der Waals surface area (Å²) in [6.07, 6.45) is -2.80. The van der Waals surface area contributed by atoms with Gasteiger partial charge >= 0.3 is 5.97 Å². The Morgan fingerprint density at radius 3 is 2.64 bits per heavy atom. The first-order chi connectivity index (χ1) is 6.43. The van der Waals surface area contributed by atoms with Gasteiger partial charge in [-0.05, 0) is 13.0 Å². The first kappa shape index (κ1) is 10.8. The number of aryl methyl sites for hydroxylation is 1. The molecule has 0 amide bonds. The van der Waals surface area contributed by atoms with Crippen molar-refractivity contribution in [1.82, 2.24) is 4.98 Å². The Hall–Kier alpha value is -1.23. The molecule has 3 nitrogen and oxygen atoms in total. The third-order valence-corrected chi connectivity index (χ3v) is 2.10. The van der Waals surface area contributed by atoms with Crippen LogP contribution in [0.25, 0.3) is 0 Å². The summed E-state index contributed by atoms with van der Waals surface area (Å²) in [5, 5.41) is 8.37. The molecule has 0 unspecified atom stereocenters. The van der Waals surface area contributed by atoms with Crippen molar-refractivity contribution in [2.45, 2.75) is 13.3 Å². The van der Waals surface area contributed by atoms with Crippen molar-refractivity contribution in [3.8, 4) is 0 Å². The number of aromatic nitrogens is 1. The van der Waals surface area contributed by atoms with Gasteiger partial charge in [0.2, 0.25) is 0 Å². The van der Waals surface area contributed by atoms with E-state index in [0.29, 0.717) is 0 Å². The fourth-order valence-corrected chi connectivity index (χ4v) is 1.13. The molecule has 6 heteroatoms. The largest absolute Gasteiger partial charge is 0.477 e. The SMILES string of the molecule is Cc1nc(C(=O)O)cc(C(F)F)c1Cl. The average Bonchev–Trinajstić information content (AvgIpc) is 2.08. The van der Waals surface area contributed by atoms with Gasteiger partial charge in [-0.1, -0.05) is 11.6 Å². The topological polar surface area (TPSA) is 50.2 Å². The lowest BCUT2D eigenvalue weighted by Crippen LogP contribution is -2.04. The minimum Gasteiger partial charge on any atom is -0.477 e. The van der Waals surface area contributed by atoms with Crippen LogP contribution in [-0.4, -0.2) is 16.1 Å². The van der Waals surface area contributed by atoms with Gasteiger partial charge in [0.15, 0.2) is 0 Å². The van der Waals surface area contributed by atoms with Crippen molar-refractivity contribution in [3.63, 3.8) is 0 Å². The zero-order valence-electron chi connectivity index (χ0n) is 7.09. The van der Waals surface area contributed by atoms with Crippen LogP contribution in [0.1, 0.15) is 28.2 Å². The van der Waals surface area contributed by atoms with Crippen LogP contribution in [0.2, 0.25) is 5.02 Å². The molecule has 0 aliphatic heterocycles. The Kier molecular flexibility index (Phi) is 3.00. The summed E-state index contributed by atoms with van der Waals surface area (Å²) < 4.78 is 24.7. The molecule has 0 spiro atoms. The van der Waals surface area contributed by atoms with Crippen molar-refractivity contribution in [2.75, 3.05) is 0 Å². The maximum Gasteiger partial charge on any atom is 0.354 e. The van der Waals surface area contributed by atoms with E-state index >= 15 is 0 Å². The molecule has 0 aliphatic carbocycles. The van der Waals surface area contributed by atoms with Crippen LogP contribution >= 0.6 is 11.6 Å².